The van der Waals surface area contributed by atoms with Gasteiger partial charge in [0.2, 0.25) is 17.7 Å². The summed E-state index contributed by atoms with van der Waals surface area (Å²) in [5, 5.41) is 122. The molecule has 20 atom stereocenters. The number of carbonyl (C=O) groups excluding carboxylic acids is 3. The second kappa shape index (κ2) is 19.2. The summed E-state index contributed by atoms with van der Waals surface area (Å²) in [6.07, 6.45) is -29.5. The van der Waals surface area contributed by atoms with Gasteiger partial charge < -0.3 is 105 Å². The van der Waals surface area contributed by atoms with E-state index in [4.69, 9.17) is 33.2 Å². The molecule has 4 aliphatic rings. The second-order valence-electron chi connectivity index (χ2n) is 13.3. The minimum absolute atomic E-state index is 0.689. The van der Waals surface area contributed by atoms with E-state index in [0.29, 0.717) is 0 Å². The van der Waals surface area contributed by atoms with Gasteiger partial charge in [0.15, 0.2) is 25.2 Å². The summed E-state index contributed by atoms with van der Waals surface area (Å²) in [7, 11) is 0. The van der Waals surface area contributed by atoms with E-state index in [0.717, 1.165) is 20.8 Å². The summed E-state index contributed by atoms with van der Waals surface area (Å²) in [4.78, 5) is 36.6. The minimum atomic E-state index is -1.99. The van der Waals surface area contributed by atoms with Crippen LogP contribution >= 0.6 is 0 Å². The van der Waals surface area contributed by atoms with Crippen molar-refractivity contribution < 1.29 is 104 Å². The summed E-state index contributed by atoms with van der Waals surface area (Å²) in [5.74, 6) is -2.19. The van der Waals surface area contributed by atoms with Gasteiger partial charge in [0, 0.05) is 20.8 Å². The SMILES string of the molecule is CC(=O)N[C@@H]1[C@@H](O[C@@H]2O[C@H](CO)[C@@H](O)[C@H](O)[C@@H]2O)[C@H](O[C@@H]2O[C@H](CO)[C@@H](O[C@@H]3O[C@H](CO)[C@@H](O)[C@@H](O)[C@H]3NC(C)=O)[C@H](O)[C@H]2NC(C)=O)[C@@H](CO)O[C@H]1O. The molecule has 4 saturated heterocycles. The van der Waals surface area contributed by atoms with Crippen LogP contribution in [0.3, 0.4) is 0 Å². The van der Waals surface area contributed by atoms with Crippen LogP contribution in [0, 0.1) is 0 Å². The zero-order chi connectivity index (χ0) is 40.2. The van der Waals surface area contributed by atoms with Gasteiger partial charge >= 0.3 is 0 Å². The molecule has 24 heteroatoms. The van der Waals surface area contributed by atoms with Crippen LogP contribution in [0.25, 0.3) is 0 Å². The van der Waals surface area contributed by atoms with Crippen LogP contribution in [-0.4, -0.2) is 223 Å². The van der Waals surface area contributed by atoms with Crippen LogP contribution in [0.4, 0.5) is 0 Å². The lowest BCUT2D eigenvalue weighted by Crippen LogP contribution is -2.71. The third-order valence-corrected chi connectivity index (χ3v) is 9.41. The molecule has 0 bridgehead atoms. The lowest BCUT2D eigenvalue weighted by atomic mass is 9.93. The lowest BCUT2D eigenvalue weighted by molar-refractivity contribution is -0.371. The summed E-state index contributed by atoms with van der Waals surface area (Å²) in [5.41, 5.74) is 0. The molecule has 0 unspecified atom stereocenters. The first-order valence-corrected chi connectivity index (χ1v) is 17.1. The zero-order valence-corrected chi connectivity index (χ0v) is 29.4. The molecule has 4 rings (SSSR count). The Balaban J connectivity index is 1.68. The fourth-order valence-corrected chi connectivity index (χ4v) is 6.75. The van der Waals surface area contributed by atoms with Crippen LogP contribution in [0.15, 0.2) is 0 Å². The normalized spacial score (nSPS) is 45.7. The van der Waals surface area contributed by atoms with Crippen molar-refractivity contribution in [2.45, 2.75) is 143 Å². The van der Waals surface area contributed by atoms with E-state index in [1.54, 1.807) is 0 Å². The molecule has 0 aliphatic carbocycles. The van der Waals surface area contributed by atoms with Crippen LogP contribution in [0.2, 0.25) is 0 Å². The molecule has 4 aliphatic heterocycles. The van der Waals surface area contributed by atoms with Crippen molar-refractivity contribution in [2.24, 2.45) is 0 Å². The Morgan fingerprint density at radius 2 is 0.833 bits per heavy atom. The van der Waals surface area contributed by atoms with Gasteiger partial charge in [0.05, 0.1) is 26.4 Å². The number of hydrogen-bond acceptors (Lipinski definition) is 21. The number of aliphatic hydroxyl groups excluding tert-OH is 11. The molecule has 312 valence electrons. The molecule has 0 radical (unpaired) electrons. The topological polar surface area (TPSA) is 374 Å². The van der Waals surface area contributed by atoms with Gasteiger partial charge in [0.25, 0.3) is 0 Å². The summed E-state index contributed by atoms with van der Waals surface area (Å²) < 4.78 is 40.5. The first-order valence-electron chi connectivity index (χ1n) is 17.1. The Morgan fingerprint density at radius 1 is 0.444 bits per heavy atom. The predicted octanol–water partition coefficient (Wildman–Crippen LogP) is -9.32. The molecular weight excluding hydrogens is 738 g/mol. The zero-order valence-electron chi connectivity index (χ0n) is 29.4. The molecule has 54 heavy (non-hydrogen) atoms. The molecule has 14 N–H and O–H groups in total. The largest absolute Gasteiger partial charge is 0.394 e. The van der Waals surface area contributed by atoms with Gasteiger partial charge in [-0.05, 0) is 0 Å². The second-order valence-corrected chi connectivity index (χ2v) is 13.3. The number of hydrogen-bond donors (Lipinski definition) is 14. The number of rotatable bonds is 13. The van der Waals surface area contributed by atoms with E-state index in [9.17, 15) is 70.6 Å². The van der Waals surface area contributed by atoms with Crippen molar-refractivity contribution in [3.63, 3.8) is 0 Å². The quantitative estimate of drug-likeness (QED) is 0.0823. The van der Waals surface area contributed by atoms with Crippen molar-refractivity contribution in [3.8, 4) is 0 Å². The van der Waals surface area contributed by atoms with Crippen molar-refractivity contribution in [2.75, 3.05) is 26.4 Å². The number of carbonyl (C=O) groups is 3. The monoisotopic (exact) mass is 789 g/mol. The van der Waals surface area contributed by atoms with Gasteiger partial charge in [-0.25, -0.2) is 0 Å². The molecule has 0 saturated carbocycles. The van der Waals surface area contributed by atoms with E-state index in [-0.39, 0.29) is 0 Å². The lowest BCUT2D eigenvalue weighted by Gasteiger charge is -2.51. The highest BCUT2D eigenvalue weighted by molar-refractivity contribution is 5.74. The molecular formula is C30H51N3O21. The number of amides is 3. The minimum Gasteiger partial charge on any atom is -0.394 e. The third-order valence-electron chi connectivity index (χ3n) is 9.41. The average Bonchev–Trinajstić information content (AvgIpc) is 3.12. The van der Waals surface area contributed by atoms with Crippen molar-refractivity contribution in [3.05, 3.63) is 0 Å². The van der Waals surface area contributed by atoms with Gasteiger partial charge in [-0.3, -0.25) is 14.4 Å². The van der Waals surface area contributed by atoms with Crippen LogP contribution in [0.1, 0.15) is 20.8 Å². The molecule has 24 nitrogen and oxygen atoms in total. The predicted molar refractivity (Wildman–Crippen MR) is 169 cm³/mol. The smallest absolute Gasteiger partial charge is 0.217 e. The average molecular weight is 790 g/mol. The van der Waals surface area contributed by atoms with Crippen LogP contribution in [0.5, 0.6) is 0 Å². The number of ether oxygens (including phenoxy) is 7. The molecule has 0 aromatic heterocycles. The van der Waals surface area contributed by atoms with E-state index >= 15 is 0 Å². The molecule has 0 spiro atoms. The fourth-order valence-electron chi connectivity index (χ4n) is 6.75. The summed E-state index contributed by atoms with van der Waals surface area (Å²) >= 11 is 0. The van der Waals surface area contributed by atoms with Crippen LogP contribution < -0.4 is 16.0 Å². The Morgan fingerprint density at radius 3 is 1.33 bits per heavy atom. The summed E-state index contributed by atoms with van der Waals surface area (Å²) in [6, 6.07) is -4.71. The fraction of sp³-hybridized carbons (Fsp3) is 0.900. The van der Waals surface area contributed by atoms with Crippen molar-refractivity contribution in [1.29, 1.82) is 0 Å². The Hall–Kier alpha value is -2.31. The third kappa shape index (κ3) is 9.79. The van der Waals surface area contributed by atoms with E-state index in [1.165, 1.54) is 0 Å². The summed E-state index contributed by atoms with van der Waals surface area (Å²) in [6.45, 7) is -0.265. The van der Waals surface area contributed by atoms with Crippen molar-refractivity contribution >= 4 is 17.7 Å². The van der Waals surface area contributed by atoms with Crippen molar-refractivity contribution in [1.82, 2.24) is 16.0 Å². The van der Waals surface area contributed by atoms with E-state index in [1.807, 2.05) is 0 Å². The highest BCUT2D eigenvalue weighted by Gasteiger charge is 2.56. The molecule has 4 heterocycles. The van der Waals surface area contributed by atoms with Gasteiger partial charge in [-0.2, -0.15) is 0 Å². The Labute approximate surface area is 307 Å². The Kier molecular flexibility index (Phi) is 15.8. The van der Waals surface area contributed by atoms with E-state index < -0.39 is 167 Å². The number of nitrogens with one attached hydrogen (secondary N) is 3. The molecule has 4 fully saturated rings. The van der Waals surface area contributed by atoms with Gasteiger partial charge in [-0.15, -0.1) is 0 Å². The maximum absolute atomic E-state index is 12.4. The van der Waals surface area contributed by atoms with Gasteiger partial charge in [0.1, 0.15) is 97.5 Å². The Bertz CT molecular complexity index is 1250. The highest BCUT2D eigenvalue weighted by atomic mass is 16.8. The number of aliphatic hydroxyl groups is 11. The maximum atomic E-state index is 12.4. The van der Waals surface area contributed by atoms with Crippen LogP contribution in [-0.2, 0) is 47.5 Å². The molecule has 0 aromatic carbocycles. The highest BCUT2D eigenvalue weighted by Crippen LogP contribution is 2.35. The maximum Gasteiger partial charge on any atom is 0.217 e. The first-order chi connectivity index (χ1) is 25.5. The van der Waals surface area contributed by atoms with Gasteiger partial charge in [-0.1, -0.05) is 0 Å². The standard InChI is InChI=1S/C30H51N3O21/c1-8(38)31-15-20(43)18(41)11(4-34)49-28(15)52-24-13(6-36)51-29(16(21(24)44)32-9(2)39)53-25-14(7-37)48-27(47)17(33-10(3)40)26(25)54-30-23(46)22(45)19(42)12(5-35)50-30/h11-30,34-37,41-47H,4-7H2,1-3H3,(H,31,38)(H,32,39)(H,33,40)/t11-,12-,13-,14-,15-,16-,17-,18-,19-,20+,21-,22+,23+,24-,25-,26-,27-,28+,29+,30+/m1/s1. The molecule has 3 amide bonds. The molecule has 0 aromatic rings. The van der Waals surface area contributed by atoms with E-state index in [2.05, 4.69) is 16.0 Å². The first kappa shape index (κ1) is 44.4.